The third-order valence-electron chi connectivity index (χ3n) is 3.83. The van der Waals surface area contributed by atoms with E-state index in [9.17, 15) is 4.79 Å². The van der Waals surface area contributed by atoms with E-state index in [1.807, 2.05) is 23.8 Å². The number of hydrogen-bond acceptors (Lipinski definition) is 4. The van der Waals surface area contributed by atoms with Crippen LogP contribution in [0, 0.1) is 6.92 Å². The molecular formula is C14H17N3OS. The van der Waals surface area contributed by atoms with E-state index >= 15 is 0 Å². The largest absolute Gasteiger partial charge is 0.289 e. The Kier molecular flexibility index (Phi) is 3.31. The summed E-state index contributed by atoms with van der Waals surface area (Å²) in [6, 6.07) is 3.80. The third kappa shape index (κ3) is 2.16. The first kappa shape index (κ1) is 12.7. The molecule has 1 aliphatic rings. The highest BCUT2D eigenvalue weighted by Crippen LogP contribution is 2.30. The lowest BCUT2D eigenvalue weighted by Gasteiger charge is -2.16. The molecule has 2 aromatic rings. The lowest BCUT2D eigenvalue weighted by atomic mass is 10.2. The van der Waals surface area contributed by atoms with E-state index in [0.29, 0.717) is 6.04 Å². The number of pyridine rings is 1. The molecule has 0 atom stereocenters. The number of hydrogen-bond donors (Lipinski definition) is 0. The number of rotatable bonds is 2. The van der Waals surface area contributed by atoms with Gasteiger partial charge < -0.3 is 0 Å². The molecule has 1 fully saturated rings. The van der Waals surface area contributed by atoms with Crippen molar-refractivity contribution in [2.45, 2.75) is 43.8 Å². The topological polar surface area (TPSA) is 47.8 Å². The quantitative estimate of drug-likeness (QED) is 0.624. The van der Waals surface area contributed by atoms with Gasteiger partial charge in [0.1, 0.15) is 5.65 Å². The molecule has 0 aromatic carbocycles. The fourth-order valence-corrected chi connectivity index (χ4v) is 3.27. The van der Waals surface area contributed by atoms with E-state index in [-0.39, 0.29) is 5.56 Å². The maximum absolute atomic E-state index is 12.2. The minimum absolute atomic E-state index is 0.0598. The van der Waals surface area contributed by atoms with Crippen LogP contribution < -0.4 is 5.56 Å². The van der Waals surface area contributed by atoms with Crippen molar-refractivity contribution in [2.75, 3.05) is 6.26 Å². The average molecular weight is 275 g/mol. The highest BCUT2D eigenvalue weighted by molar-refractivity contribution is 7.98. The number of nitrogens with zero attached hydrogens (tertiary/aromatic N) is 3. The van der Waals surface area contributed by atoms with Crippen LogP contribution in [-0.2, 0) is 0 Å². The molecule has 5 heteroatoms. The summed E-state index contributed by atoms with van der Waals surface area (Å²) >= 11 is 1.52. The molecule has 1 aliphatic carbocycles. The van der Waals surface area contributed by atoms with Gasteiger partial charge in [-0.1, -0.05) is 24.6 Å². The first-order valence-electron chi connectivity index (χ1n) is 6.64. The van der Waals surface area contributed by atoms with E-state index < -0.39 is 0 Å². The Morgan fingerprint density at radius 1 is 1.26 bits per heavy atom. The summed E-state index contributed by atoms with van der Waals surface area (Å²) < 4.78 is 1.89. The molecule has 3 rings (SSSR count). The second-order valence-corrected chi connectivity index (χ2v) is 5.79. The van der Waals surface area contributed by atoms with Gasteiger partial charge >= 0.3 is 0 Å². The van der Waals surface area contributed by atoms with Gasteiger partial charge in [0, 0.05) is 17.5 Å². The summed E-state index contributed by atoms with van der Waals surface area (Å²) in [6.07, 6.45) is 6.52. The van der Waals surface area contributed by atoms with E-state index in [1.165, 1.54) is 24.6 Å². The molecule has 0 bridgehead atoms. The number of thioether (sulfide) groups is 1. The van der Waals surface area contributed by atoms with Gasteiger partial charge in [0.05, 0.1) is 5.69 Å². The van der Waals surface area contributed by atoms with Crippen LogP contribution >= 0.6 is 11.8 Å². The van der Waals surface area contributed by atoms with Gasteiger partial charge in [-0.3, -0.25) is 9.36 Å². The lowest BCUT2D eigenvalue weighted by Crippen LogP contribution is -2.24. The molecule has 0 amide bonds. The molecule has 0 saturated heterocycles. The van der Waals surface area contributed by atoms with Gasteiger partial charge in [0.2, 0.25) is 0 Å². The highest BCUT2D eigenvalue weighted by atomic mass is 32.2. The molecule has 0 unspecified atom stereocenters. The summed E-state index contributed by atoms with van der Waals surface area (Å²) in [5.74, 6) is 0. The Bertz CT molecular complexity index is 674. The lowest BCUT2D eigenvalue weighted by molar-refractivity contribution is 0.514. The van der Waals surface area contributed by atoms with Gasteiger partial charge in [-0.15, -0.1) is 0 Å². The van der Waals surface area contributed by atoms with Crippen LogP contribution in [0.15, 0.2) is 22.1 Å². The third-order valence-corrected chi connectivity index (χ3v) is 4.37. The zero-order valence-corrected chi connectivity index (χ0v) is 12.0. The standard InChI is InChI=1S/C14H17N3OS/c1-9-11-7-8-12(18)17(10-5-3-4-6-10)13(11)16-14(15-9)19-2/h7-8,10H,3-6H2,1-2H3. The molecule has 100 valence electrons. The maximum Gasteiger partial charge on any atom is 0.252 e. The Labute approximate surface area is 116 Å². The monoisotopic (exact) mass is 275 g/mol. The molecule has 19 heavy (non-hydrogen) atoms. The summed E-state index contributed by atoms with van der Waals surface area (Å²) in [7, 11) is 0. The average Bonchev–Trinajstić information content (AvgIpc) is 2.91. The Morgan fingerprint density at radius 2 is 2.00 bits per heavy atom. The van der Waals surface area contributed by atoms with Crippen LogP contribution in [-0.4, -0.2) is 20.8 Å². The van der Waals surface area contributed by atoms with Crippen LogP contribution in [0.5, 0.6) is 0 Å². The molecule has 4 nitrogen and oxygen atoms in total. The van der Waals surface area contributed by atoms with Crippen molar-refractivity contribution in [3.05, 3.63) is 28.2 Å². The van der Waals surface area contributed by atoms with Crippen molar-refractivity contribution >= 4 is 22.8 Å². The summed E-state index contributed by atoms with van der Waals surface area (Å²) in [5.41, 5.74) is 1.81. The number of fused-ring (bicyclic) bond motifs is 1. The normalized spacial score (nSPS) is 16.3. The molecule has 2 heterocycles. The zero-order chi connectivity index (χ0) is 13.4. The SMILES string of the molecule is CSc1nc(C)c2ccc(=O)n(C3CCCC3)c2n1. The van der Waals surface area contributed by atoms with Gasteiger partial charge in [-0.2, -0.15) is 0 Å². The van der Waals surface area contributed by atoms with Crippen molar-refractivity contribution in [1.29, 1.82) is 0 Å². The van der Waals surface area contributed by atoms with Gasteiger partial charge in [0.25, 0.3) is 5.56 Å². The molecule has 0 aliphatic heterocycles. The van der Waals surface area contributed by atoms with Crippen LogP contribution in [0.25, 0.3) is 11.0 Å². The van der Waals surface area contributed by atoms with Crippen LogP contribution in [0.2, 0.25) is 0 Å². The van der Waals surface area contributed by atoms with Crippen molar-refractivity contribution in [1.82, 2.24) is 14.5 Å². The van der Waals surface area contributed by atoms with Crippen molar-refractivity contribution in [3.63, 3.8) is 0 Å². The second kappa shape index (κ2) is 4.96. The fourth-order valence-electron chi connectivity index (χ4n) is 2.87. The van der Waals surface area contributed by atoms with Gasteiger partial charge in [0.15, 0.2) is 5.16 Å². The maximum atomic E-state index is 12.2. The Hall–Kier alpha value is -1.36. The van der Waals surface area contributed by atoms with E-state index in [4.69, 9.17) is 0 Å². The molecular weight excluding hydrogens is 258 g/mol. The predicted molar refractivity (Wildman–Crippen MR) is 77.8 cm³/mol. The van der Waals surface area contributed by atoms with E-state index in [0.717, 1.165) is 34.7 Å². The van der Waals surface area contributed by atoms with E-state index in [2.05, 4.69) is 9.97 Å². The minimum Gasteiger partial charge on any atom is -0.289 e. The Morgan fingerprint density at radius 3 is 2.68 bits per heavy atom. The Balaban J connectivity index is 2.31. The summed E-state index contributed by atoms with van der Waals surface area (Å²) in [5, 5.41) is 1.73. The van der Waals surface area contributed by atoms with Crippen LogP contribution in [0.1, 0.15) is 37.4 Å². The first-order chi connectivity index (χ1) is 9.20. The van der Waals surface area contributed by atoms with Crippen LogP contribution in [0.3, 0.4) is 0 Å². The van der Waals surface area contributed by atoms with Gasteiger partial charge in [-0.25, -0.2) is 9.97 Å². The molecule has 0 N–H and O–H groups in total. The molecule has 0 spiro atoms. The molecule has 0 radical (unpaired) electrons. The summed E-state index contributed by atoms with van der Waals surface area (Å²) in [4.78, 5) is 21.3. The number of aromatic nitrogens is 3. The van der Waals surface area contributed by atoms with E-state index in [1.54, 1.807) is 6.07 Å². The van der Waals surface area contributed by atoms with Gasteiger partial charge in [-0.05, 0) is 32.1 Å². The predicted octanol–water partition coefficient (Wildman–Crippen LogP) is 2.94. The highest BCUT2D eigenvalue weighted by Gasteiger charge is 2.21. The molecule has 1 saturated carbocycles. The van der Waals surface area contributed by atoms with Crippen molar-refractivity contribution < 1.29 is 0 Å². The fraction of sp³-hybridized carbons (Fsp3) is 0.500. The van der Waals surface area contributed by atoms with Crippen LogP contribution in [0.4, 0.5) is 0 Å². The van der Waals surface area contributed by atoms with Crippen molar-refractivity contribution in [3.8, 4) is 0 Å². The summed E-state index contributed by atoms with van der Waals surface area (Å²) in [6.45, 7) is 1.98. The zero-order valence-electron chi connectivity index (χ0n) is 11.2. The molecule has 2 aromatic heterocycles. The van der Waals surface area contributed by atoms with Crippen molar-refractivity contribution in [2.24, 2.45) is 0 Å². The first-order valence-corrected chi connectivity index (χ1v) is 7.87. The minimum atomic E-state index is 0.0598. The second-order valence-electron chi connectivity index (χ2n) is 5.01. The number of aryl methyl sites for hydroxylation is 1. The smallest absolute Gasteiger partial charge is 0.252 e.